The molecule has 1 aliphatic rings. The average Bonchev–Trinajstić information content (AvgIpc) is 3.19. The molecule has 0 radical (unpaired) electrons. The highest BCUT2D eigenvalue weighted by atomic mass is 32.2. The second kappa shape index (κ2) is 6.40. The molecular weight excluding hydrogens is 306 g/mol. The van der Waals surface area contributed by atoms with E-state index in [0.717, 1.165) is 23.5 Å². The molecule has 3 rings (SSSR count). The van der Waals surface area contributed by atoms with Crippen molar-refractivity contribution in [3.63, 3.8) is 0 Å². The van der Waals surface area contributed by atoms with E-state index in [-0.39, 0.29) is 6.03 Å². The summed E-state index contributed by atoms with van der Waals surface area (Å²) in [5.74, 6) is 2.70. The molecule has 1 fully saturated rings. The molecule has 0 unspecified atom stereocenters. The van der Waals surface area contributed by atoms with Gasteiger partial charge in [-0.2, -0.15) is 21.1 Å². The lowest BCUT2D eigenvalue weighted by molar-refractivity contribution is 0.209. The Kier molecular flexibility index (Phi) is 4.35. The number of aromatic nitrogens is 3. The lowest BCUT2D eigenvalue weighted by Crippen LogP contribution is -2.39. The van der Waals surface area contributed by atoms with Crippen molar-refractivity contribution in [3.05, 3.63) is 24.5 Å². The molecule has 2 aromatic rings. The Morgan fingerprint density at radius 2 is 2.43 bits per heavy atom. The summed E-state index contributed by atoms with van der Waals surface area (Å²) in [6.45, 7) is 0. The number of nitrogens with zero attached hydrogens (tertiary/aromatic N) is 4. The van der Waals surface area contributed by atoms with Crippen molar-refractivity contribution >= 4 is 34.5 Å². The molecule has 0 aromatic carbocycles. The summed E-state index contributed by atoms with van der Waals surface area (Å²) < 4.78 is 4.25. The minimum Gasteiger partial charge on any atom is -0.324 e. The molecule has 0 saturated carbocycles. The maximum atomic E-state index is 12.2. The van der Waals surface area contributed by atoms with Crippen LogP contribution in [-0.2, 0) is 0 Å². The van der Waals surface area contributed by atoms with E-state index in [1.54, 1.807) is 17.3 Å². The summed E-state index contributed by atoms with van der Waals surface area (Å²) in [4.78, 5) is 22.3. The lowest BCUT2D eigenvalue weighted by atomic mass is 10.2. The van der Waals surface area contributed by atoms with E-state index in [9.17, 15) is 4.79 Å². The summed E-state index contributed by atoms with van der Waals surface area (Å²) in [7, 11) is 1.83. The molecule has 1 saturated heterocycles. The van der Waals surface area contributed by atoms with E-state index in [1.807, 2.05) is 30.9 Å². The van der Waals surface area contributed by atoms with Crippen molar-refractivity contribution < 1.29 is 4.79 Å². The van der Waals surface area contributed by atoms with Crippen LogP contribution in [0.1, 0.15) is 6.42 Å². The summed E-state index contributed by atoms with van der Waals surface area (Å²) in [5.41, 5.74) is 0.842. The lowest BCUT2D eigenvalue weighted by Gasteiger charge is -2.23. The highest BCUT2D eigenvalue weighted by Gasteiger charge is 2.24. The number of rotatable bonds is 3. The number of hydrogen-bond donors (Lipinski definition) is 1. The normalized spacial score (nSPS) is 17.7. The zero-order valence-electron chi connectivity index (χ0n) is 11.5. The largest absolute Gasteiger partial charge is 0.324 e. The van der Waals surface area contributed by atoms with Gasteiger partial charge in [-0.3, -0.25) is 10.3 Å². The fourth-order valence-corrected chi connectivity index (χ4v) is 3.91. The molecule has 3 heterocycles. The van der Waals surface area contributed by atoms with Crippen LogP contribution in [0, 0.1) is 0 Å². The molecule has 1 aliphatic heterocycles. The third-order valence-corrected chi connectivity index (χ3v) is 5.11. The van der Waals surface area contributed by atoms with E-state index in [0.29, 0.717) is 17.0 Å². The highest BCUT2D eigenvalue weighted by molar-refractivity contribution is 7.99. The van der Waals surface area contributed by atoms with Crippen molar-refractivity contribution in [1.29, 1.82) is 0 Å². The second-order valence-corrected chi connectivity index (χ2v) is 6.62. The zero-order valence-corrected chi connectivity index (χ0v) is 13.2. The fourth-order valence-electron chi connectivity index (χ4n) is 2.06. The molecule has 2 aromatic heterocycles. The maximum Gasteiger partial charge on any atom is 0.323 e. The van der Waals surface area contributed by atoms with Gasteiger partial charge in [-0.25, -0.2) is 4.79 Å². The van der Waals surface area contributed by atoms with Crippen molar-refractivity contribution in [2.45, 2.75) is 12.5 Å². The first-order chi connectivity index (χ1) is 10.2. The number of carbonyl (C=O) groups is 1. The first-order valence-corrected chi connectivity index (χ1v) is 8.52. The number of thioether (sulfide) groups is 1. The van der Waals surface area contributed by atoms with E-state index in [4.69, 9.17) is 0 Å². The van der Waals surface area contributed by atoms with Gasteiger partial charge in [0.1, 0.15) is 0 Å². The Morgan fingerprint density at radius 3 is 3.14 bits per heavy atom. The van der Waals surface area contributed by atoms with Gasteiger partial charge in [0.15, 0.2) is 5.82 Å². The van der Waals surface area contributed by atoms with Crippen LogP contribution in [0.5, 0.6) is 0 Å². The predicted molar refractivity (Wildman–Crippen MR) is 85.7 cm³/mol. The topological polar surface area (TPSA) is 71.0 Å². The summed E-state index contributed by atoms with van der Waals surface area (Å²) in [5, 5.41) is 3.32. The first-order valence-electron chi connectivity index (χ1n) is 6.59. The van der Waals surface area contributed by atoms with Crippen LogP contribution in [0.15, 0.2) is 24.5 Å². The molecule has 0 aliphatic carbocycles. The number of anilines is 1. The van der Waals surface area contributed by atoms with Gasteiger partial charge in [0.25, 0.3) is 0 Å². The smallest absolute Gasteiger partial charge is 0.323 e. The standard InChI is InChI=1S/C13H15N5OS2/c1-18(10-4-6-20-8-10)13(19)16-12-15-11(17-21-12)9-3-2-5-14-7-9/h2-3,5,7,10H,4,6,8H2,1H3,(H,15,16,17,19)/t10-/m0/s1. The Morgan fingerprint density at radius 1 is 1.52 bits per heavy atom. The third kappa shape index (κ3) is 3.33. The maximum absolute atomic E-state index is 12.2. The van der Waals surface area contributed by atoms with Crippen LogP contribution in [0.2, 0.25) is 0 Å². The molecular formula is C13H15N5OS2. The minimum atomic E-state index is -0.128. The van der Waals surface area contributed by atoms with Crippen molar-refractivity contribution in [2.75, 3.05) is 23.9 Å². The van der Waals surface area contributed by atoms with E-state index < -0.39 is 0 Å². The first kappa shape index (κ1) is 14.3. The molecule has 2 amide bonds. The van der Waals surface area contributed by atoms with Crippen molar-refractivity contribution in [2.24, 2.45) is 0 Å². The number of pyridine rings is 1. The van der Waals surface area contributed by atoms with Crippen molar-refractivity contribution in [3.8, 4) is 11.4 Å². The van der Waals surface area contributed by atoms with E-state index in [2.05, 4.69) is 19.7 Å². The Bertz CT molecular complexity index is 612. The van der Waals surface area contributed by atoms with Crippen LogP contribution in [-0.4, -0.2) is 49.9 Å². The van der Waals surface area contributed by atoms with Crippen LogP contribution in [0.4, 0.5) is 9.93 Å². The molecule has 0 bridgehead atoms. The predicted octanol–water partition coefficient (Wildman–Crippen LogP) is 2.57. The molecule has 8 heteroatoms. The van der Waals surface area contributed by atoms with Gasteiger partial charge < -0.3 is 4.90 Å². The molecule has 110 valence electrons. The van der Waals surface area contributed by atoms with Crippen LogP contribution < -0.4 is 5.32 Å². The second-order valence-electron chi connectivity index (χ2n) is 4.72. The molecule has 1 atom stereocenters. The molecule has 1 N–H and O–H groups in total. The van der Waals surface area contributed by atoms with E-state index in [1.165, 1.54) is 11.5 Å². The fraction of sp³-hybridized carbons (Fsp3) is 0.385. The van der Waals surface area contributed by atoms with Gasteiger partial charge in [0, 0.05) is 48.3 Å². The Labute approximate surface area is 131 Å². The number of nitrogens with one attached hydrogen (secondary N) is 1. The SMILES string of the molecule is CN(C(=O)Nc1nc(-c2cccnc2)ns1)[C@H]1CCSC1. The summed E-state index contributed by atoms with van der Waals surface area (Å²) >= 11 is 3.06. The highest BCUT2D eigenvalue weighted by Crippen LogP contribution is 2.23. The van der Waals surface area contributed by atoms with Gasteiger partial charge in [-0.05, 0) is 24.3 Å². The number of amides is 2. The molecule has 21 heavy (non-hydrogen) atoms. The van der Waals surface area contributed by atoms with Crippen LogP contribution in [0.25, 0.3) is 11.4 Å². The van der Waals surface area contributed by atoms with Crippen LogP contribution in [0.3, 0.4) is 0 Å². The van der Waals surface area contributed by atoms with Gasteiger partial charge in [0.2, 0.25) is 5.13 Å². The van der Waals surface area contributed by atoms with E-state index >= 15 is 0 Å². The van der Waals surface area contributed by atoms with Gasteiger partial charge in [0.05, 0.1) is 0 Å². The zero-order chi connectivity index (χ0) is 14.7. The minimum absolute atomic E-state index is 0.128. The quantitative estimate of drug-likeness (QED) is 0.941. The van der Waals surface area contributed by atoms with Crippen molar-refractivity contribution in [1.82, 2.24) is 19.2 Å². The van der Waals surface area contributed by atoms with Gasteiger partial charge in [-0.15, -0.1) is 0 Å². The molecule has 6 nitrogen and oxygen atoms in total. The number of carbonyl (C=O) groups excluding carboxylic acids is 1. The third-order valence-electron chi connectivity index (χ3n) is 3.33. The summed E-state index contributed by atoms with van der Waals surface area (Å²) in [6.07, 6.45) is 4.45. The van der Waals surface area contributed by atoms with Gasteiger partial charge in [-0.1, -0.05) is 0 Å². The van der Waals surface area contributed by atoms with Crippen LogP contribution >= 0.6 is 23.3 Å². The average molecular weight is 321 g/mol. The number of urea groups is 1. The van der Waals surface area contributed by atoms with Gasteiger partial charge >= 0.3 is 6.03 Å². The monoisotopic (exact) mass is 321 g/mol. The summed E-state index contributed by atoms with van der Waals surface area (Å²) in [6, 6.07) is 3.90. The number of hydrogen-bond acceptors (Lipinski definition) is 6. The Hall–Kier alpha value is -1.67. The Balaban J connectivity index is 1.65. The molecule has 0 spiro atoms.